The highest BCUT2D eigenvalue weighted by Crippen LogP contribution is 2.31. The second kappa shape index (κ2) is 7.48. The third-order valence-corrected chi connectivity index (χ3v) is 7.11. The van der Waals surface area contributed by atoms with Crippen LogP contribution in [-0.2, 0) is 9.84 Å². The standard InChI is InChI=1S/C22H23N3O3S/c1-15-8-9-17(12-16(15)2)21-13-20(22(26)23-18-6-4-3-5-7-18)24-25(21)19-10-11-29(27,28)14-19/h3-9,12-13,19H,10-11,14H2,1-2H3,(H,23,26)/t19-/m0/s1. The largest absolute Gasteiger partial charge is 0.321 e. The molecule has 6 nitrogen and oxygen atoms in total. The van der Waals surface area contributed by atoms with Gasteiger partial charge in [0.05, 0.1) is 23.2 Å². The van der Waals surface area contributed by atoms with Crippen LogP contribution in [0.25, 0.3) is 11.3 Å². The Bertz CT molecular complexity index is 1170. The number of hydrogen-bond acceptors (Lipinski definition) is 4. The Hall–Kier alpha value is -2.93. The maximum atomic E-state index is 12.8. The first-order chi connectivity index (χ1) is 13.8. The van der Waals surface area contributed by atoms with Crippen LogP contribution in [0.4, 0.5) is 5.69 Å². The summed E-state index contributed by atoms with van der Waals surface area (Å²) < 4.78 is 25.8. The molecule has 1 aliphatic heterocycles. The molecule has 0 spiro atoms. The van der Waals surface area contributed by atoms with Crippen LogP contribution in [0.15, 0.2) is 54.6 Å². The zero-order valence-corrected chi connectivity index (χ0v) is 17.2. The van der Waals surface area contributed by atoms with Crippen LogP contribution < -0.4 is 5.32 Å². The van der Waals surface area contributed by atoms with Crippen molar-refractivity contribution in [2.24, 2.45) is 0 Å². The molecule has 7 heteroatoms. The van der Waals surface area contributed by atoms with E-state index < -0.39 is 9.84 Å². The van der Waals surface area contributed by atoms with Gasteiger partial charge in [-0.25, -0.2) is 8.42 Å². The lowest BCUT2D eigenvalue weighted by atomic mass is 10.0. The fourth-order valence-electron chi connectivity index (χ4n) is 3.58. The van der Waals surface area contributed by atoms with Gasteiger partial charge in [-0.15, -0.1) is 0 Å². The summed E-state index contributed by atoms with van der Waals surface area (Å²) in [7, 11) is -3.08. The van der Waals surface area contributed by atoms with Gasteiger partial charge in [-0.3, -0.25) is 9.48 Å². The number of nitrogens with one attached hydrogen (secondary N) is 1. The van der Waals surface area contributed by atoms with E-state index in [1.54, 1.807) is 10.7 Å². The zero-order chi connectivity index (χ0) is 20.6. The fourth-order valence-corrected chi connectivity index (χ4v) is 5.28. The molecule has 1 saturated heterocycles. The molecule has 1 atom stereocenters. The maximum absolute atomic E-state index is 12.8. The van der Waals surface area contributed by atoms with Gasteiger partial charge in [-0.2, -0.15) is 5.10 Å². The molecule has 3 aromatic rings. The molecule has 0 radical (unpaired) electrons. The van der Waals surface area contributed by atoms with Gasteiger partial charge in [0, 0.05) is 11.3 Å². The molecule has 0 bridgehead atoms. The second-order valence-electron chi connectivity index (χ2n) is 7.54. The van der Waals surface area contributed by atoms with E-state index in [0.717, 1.165) is 16.8 Å². The summed E-state index contributed by atoms with van der Waals surface area (Å²) in [6.07, 6.45) is 0.502. The Morgan fingerprint density at radius 3 is 2.48 bits per heavy atom. The predicted octanol–water partition coefficient (Wildman–Crippen LogP) is 3.78. The molecule has 150 valence electrons. The van der Waals surface area contributed by atoms with Crippen LogP contribution in [0, 0.1) is 13.8 Å². The molecule has 1 aliphatic rings. The predicted molar refractivity (Wildman–Crippen MR) is 114 cm³/mol. The summed E-state index contributed by atoms with van der Waals surface area (Å²) >= 11 is 0. The summed E-state index contributed by atoms with van der Waals surface area (Å²) in [6.45, 7) is 4.07. The van der Waals surface area contributed by atoms with Gasteiger partial charge in [0.25, 0.3) is 5.91 Å². The molecule has 2 heterocycles. The Balaban J connectivity index is 1.74. The van der Waals surface area contributed by atoms with E-state index >= 15 is 0 Å². The fraction of sp³-hybridized carbons (Fsp3) is 0.273. The van der Waals surface area contributed by atoms with Crippen molar-refractivity contribution in [3.05, 3.63) is 71.4 Å². The van der Waals surface area contributed by atoms with Crippen molar-refractivity contribution in [1.82, 2.24) is 9.78 Å². The van der Waals surface area contributed by atoms with Crippen molar-refractivity contribution in [3.8, 4) is 11.3 Å². The molecule has 4 rings (SSSR count). The first-order valence-electron chi connectivity index (χ1n) is 9.56. The zero-order valence-electron chi connectivity index (χ0n) is 16.4. The van der Waals surface area contributed by atoms with Crippen molar-refractivity contribution < 1.29 is 13.2 Å². The van der Waals surface area contributed by atoms with E-state index in [1.807, 2.05) is 62.4 Å². The van der Waals surface area contributed by atoms with Gasteiger partial charge in [0.15, 0.2) is 15.5 Å². The maximum Gasteiger partial charge on any atom is 0.276 e. The Morgan fingerprint density at radius 1 is 1.07 bits per heavy atom. The number of rotatable bonds is 4. The molecule has 0 unspecified atom stereocenters. The van der Waals surface area contributed by atoms with E-state index in [4.69, 9.17) is 0 Å². The van der Waals surface area contributed by atoms with Crippen LogP contribution >= 0.6 is 0 Å². The van der Waals surface area contributed by atoms with E-state index in [-0.39, 0.29) is 29.1 Å². The lowest BCUT2D eigenvalue weighted by Crippen LogP contribution is -2.16. The molecule has 1 aromatic heterocycles. The Morgan fingerprint density at radius 2 is 1.83 bits per heavy atom. The second-order valence-corrected chi connectivity index (χ2v) is 9.76. The van der Waals surface area contributed by atoms with Crippen molar-refractivity contribution in [1.29, 1.82) is 0 Å². The summed E-state index contributed by atoms with van der Waals surface area (Å²) in [5, 5.41) is 7.37. The third-order valence-electron chi connectivity index (χ3n) is 5.36. The average molecular weight is 410 g/mol. The number of hydrogen-bond donors (Lipinski definition) is 1. The smallest absolute Gasteiger partial charge is 0.276 e. The first kappa shape index (κ1) is 19.4. The molecule has 1 N–H and O–H groups in total. The number of carbonyl (C=O) groups is 1. The molecular weight excluding hydrogens is 386 g/mol. The number of carbonyl (C=O) groups excluding carboxylic acids is 1. The Kier molecular flexibility index (Phi) is 5.00. The van der Waals surface area contributed by atoms with Gasteiger partial charge in [0.1, 0.15) is 0 Å². The van der Waals surface area contributed by atoms with E-state index in [0.29, 0.717) is 12.1 Å². The number of anilines is 1. The number of aryl methyl sites for hydroxylation is 2. The number of nitrogens with zero attached hydrogens (tertiary/aromatic N) is 2. The summed E-state index contributed by atoms with van der Waals surface area (Å²) in [4.78, 5) is 12.8. The molecule has 0 saturated carbocycles. The monoisotopic (exact) mass is 409 g/mol. The molecule has 1 amide bonds. The highest BCUT2D eigenvalue weighted by molar-refractivity contribution is 7.91. The minimum absolute atomic E-state index is 0.0479. The van der Waals surface area contributed by atoms with Crippen LogP contribution in [0.5, 0.6) is 0 Å². The van der Waals surface area contributed by atoms with Gasteiger partial charge in [0.2, 0.25) is 0 Å². The summed E-state index contributed by atoms with van der Waals surface area (Å²) in [5.74, 6) is -0.122. The van der Waals surface area contributed by atoms with E-state index in [2.05, 4.69) is 10.4 Å². The van der Waals surface area contributed by atoms with Crippen molar-refractivity contribution in [2.45, 2.75) is 26.3 Å². The van der Waals surface area contributed by atoms with Crippen molar-refractivity contribution in [2.75, 3.05) is 16.8 Å². The number of amides is 1. The number of aromatic nitrogens is 2. The van der Waals surface area contributed by atoms with Crippen LogP contribution in [0.1, 0.15) is 34.1 Å². The molecular formula is C22H23N3O3S. The van der Waals surface area contributed by atoms with Gasteiger partial charge in [-0.05, 0) is 55.7 Å². The van der Waals surface area contributed by atoms with Crippen LogP contribution in [0.2, 0.25) is 0 Å². The topological polar surface area (TPSA) is 81.1 Å². The quantitative estimate of drug-likeness (QED) is 0.711. The molecule has 29 heavy (non-hydrogen) atoms. The van der Waals surface area contributed by atoms with Gasteiger partial charge in [-0.1, -0.05) is 30.3 Å². The lowest BCUT2D eigenvalue weighted by Gasteiger charge is -2.14. The third kappa shape index (κ3) is 4.10. The highest BCUT2D eigenvalue weighted by Gasteiger charge is 2.32. The minimum Gasteiger partial charge on any atom is -0.321 e. The molecule has 2 aromatic carbocycles. The Labute approximate surface area is 170 Å². The number of sulfone groups is 1. The van der Waals surface area contributed by atoms with Gasteiger partial charge < -0.3 is 5.32 Å². The number of para-hydroxylation sites is 1. The van der Waals surface area contributed by atoms with Gasteiger partial charge >= 0.3 is 0 Å². The highest BCUT2D eigenvalue weighted by atomic mass is 32.2. The minimum atomic E-state index is -3.08. The van der Waals surface area contributed by atoms with Crippen molar-refractivity contribution in [3.63, 3.8) is 0 Å². The lowest BCUT2D eigenvalue weighted by molar-refractivity contribution is 0.102. The van der Waals surface area contributed by atoms with Crippen LogP contribution in [-0.4, -0.2) is 35.6 Å². The SMILES string of the molecule is Cc1ccc(-c2cc(C(=O)Nc3ccccc3)nn2[C@H]2CCS(=O)(=O)C2)cc1C. The van der Waals surface area contributed by atoms with E-state index in [9.17, 15) is 13.2 Å². The van der Waals surface area contributed by atoms with E-state index in [1.165, 1.54) is 5.56 Å². The normalized spacial score (nSPS) is 17.9. The molecule has 0 aliphatic carbocycles. The molecule has 1 fully saturated rings. The average Bonchev–Trinajstić information content (AvgIpc) is 3.28. The number of benzene rings is 2. The first-order valence-corrected chi connectivity index (χ1v) is 11.4. The van der Waals surface area contributed by atoms with Crippen molar-refractivity contribution >= 4 is 21.4 Å². The summed E-state index contributed by atoms with van der Waals surface area (Å²) in [6, 6.07) is 16.7. The van der Waals surface area contributed by atoms with Crippen LogP contribution in [0.3, 0.4) is 0 Å². The summed E-state index contributed by atoms with van der Waals surface area (Å²) in [5.41, 5.74) is 4.93.